The number of carbonyl (C=O) groups is 1. The van der Waals surface area contributed by atoms with E-state index in [-0.39, 0.29) is 5.91 Å². The van der Waals surface area contributed by atoms with E-state index in [2.05, 4.69) is 9.89 Å². The van der Waals surface area contributed by atoms with Crippen LogP contribution in [0.25, 0.3) is 0 Å². The van der Waals surface area contributed by atoms with Gasteiger partial charge in [-0.25, -0.2) is 0 Å². The van der Waals surface area contributed by atoms with Crippen LogP contribution >= 0.6 is 0 Å². The van der Waals surface area contributed by atoms with Gasteiger partial charge in [0.15, 0.2) is 0 Å². The van der Waals surface area contributed by atoms with E-state index in [1.54, 1.807) is 4.90 Å². The summed E-state index contributed by atoms with van der Waals surface area (Å²) in [5.41, 5.74) is 0. The standard InChI is InChI=1S/C8H13N3O/c1-10-5-2-6-11-7(12)3-4-9-8(10)11/h2-6H2,1H3. The van der Waals surface area contributed by atoms with Crippen LogP contribution in [-0.2, 0) is 4.79 Å². The third-order valence-corrected chi connectivity index (χ3v) is 2.34. The van der Waals surface area contributed by atoms with Crippen molar-refractivity contribution < 1.29 is 4.79 Å². The molecule has 2 aliphatic rings. The Morgan fingerprint density at radius 3 is 3.00 bits per heavy atom. The molecule has 2 rings (SSSR count). The van der Waals surface area contributed by atoms with E-state index in [0.717, 1.165) is 25.5 Å². The first-order chi connectivity index (χ1) is 5.79. The van der Waals surface area contributed by atoms with Gasteiger partial charge in [0.1, 0.15) is 0 Å². The fourth-order valence-corrected chi connectivity index (χ4v) is 1.70. The lowest BCUT2D eigenvalue weighted by Crippen LogP contribution is -2.53. The van der Waals surface area contributed by atoms with E-state index >= 15 is 0 Å². The molecule has 0 radical (unpaired) electrons. The molecule has 0 aliphatic carbocycles. The lowest BCUT2D eigenvalue weighted by atomic mass is 10.2. The first kappa shape index (κ1) is 7.58. The lowest BCUT2D eigenvalue weighted by molar-refractivity contribution is -0.128. The Bertz CT molecular complexity index is 236. The van der Waals surface area contributed by atoms with Gasteiger partial charge in [-0.1, -0.05) is 0 Å². The average molecular weight is 167 g/mol. The second-order valence-electron chi connectivity index (χ2n) is 3.25. The van der Waals surface area contributed by atoms with Crippen LogP contribution in [0.5, 0.6) is 0 Å². The van der Waals surface area contributed by atoms with E-state index in [9.17, 15) is 4.79 Å². The fourth-order valence-electron chi connectivity index (χ4n) is 1.70. The van der Waals surface area contributed by atoms with Crippen molar-refractivity contribution in [2.45, 2.75) is 12.8 Å². The zero-order chi connectivity index (χ0) is 8.55. The number of hydrogen-bond acceptors (Lipinski definition) is 3. The molecule has 0 atom stereocenters. The number of fused-ring (bicyclic) bond motifs is 1. The molecule has 0 N–H and O–H groups in total. The summed E-state index contributed by atoms with van der Waals surface area (Å²) in [5, 5.41) is 0. The number of nitrogens with zero attached hydrogens (tertiary/aromatic N) is 3. The number of guanidine groups is 1. The van der Waals surface area contributed by atoms with Crippen LogP contribution in [0.2, 0.25) is 0 Å². The zero-order valence-electron chi connectivity index (χ0n) is 7.29. The SMILES string of the molecule is CN1CCCN2C(=O)CCN=C12. The zero-order valence-corrected chi connectivity index (χ0v) is 7.29. The fraction of sp³-hybridized carbons (Fsp3) is 0.750. The molecule has 0 bridgehead atoms. The summed E-state index contributed by atoms with van der Waals surface area (Å²) in [6, 6.07) is 0. The maximum absolute atomic E-state index is 11.4. The Labute approximate surface area is 71.9 Å². The second-order valence-corrected chi connectivity index (χ2v) is 3.25. The van der Waals surface area contributed by atoms with Gasteiger partial charge in [-0.05, 0) is 6.42 Å². The number of hydrogen-bond donors (Lipinski definition) is 0. The van der Waals surface area contributed by atoms with Gasteiger partial charge in [0.2, 0.25) is 11.9 Å². The molecule has 66 valence electrons. The molecule has 0 aromatic rings. The quantitative estimate of drug-likeness (QED) is 0.505. The van der Waals surface area contributed by atoms with Crippen molar-refractivity contribution in [2.24, 2.45) is 4.99 Å². The van der Waals surface area contributed by atoms with Gasteiger partial charge in [0.25, 0.3) is 0 Å². The summed E-state index contributed by atoms with van der Waals surface area (Å²) in [6.07, 6.45) is 1.64. The van der Waals surface area contributed by atoms with Crippen molar-refractivity contribution in [3.05, 3.63) is 0 Å². The topological polar surface area (TPSA) is 35.9 Å². The van der Waals surface area contributed by atoms with Crippen molar-refractivity contribution in [2.75, 3.05) is 26.7 Å². The summed E-state index contributed by atoms with van der Waals surface area (Å²) < 4.78 is 0. The van der Waals surface area contributed by atoms with Crippen molar-refractivity contribution in [1.82, 2.24) is 9.80 Å². The summed E-state index contributed by atoms with van der Waals surface area (Å²) in [4.78, 5) is 19.6. The normalized spacial score (nSPS) is 23.8. The predicted molar refractivity (Wildman–Crippen MR) is 45.9 cm³/mol. The summed E-state index contributed by atoms with van der Waals surface area (Å²) in [7, 11) is 1.99. The predicted octanol–water partition coefficient (Wildman–Crippen LogP) is -0.0898. The molecule has 1 saturated heterocycles. The van der Waals surface area contributed by atoms with Gasteiger partial charge in [0.05, 0.1) is 6.54 Å². The van der Waals surface area contributed by atoms with Gasteiger partial charge in [-0.2, -0.15) is 0 Å². The Morgan fingerprint density at radius 2 is 2.25 bits per heavy atom. The minimum absolute atomic E-state index is 0.228. The summed E-state index contributed by atoms with van der Waals surface area (Å²) in [6.45, 7) is 2.53. The first-order valence-corrected chi connectivity index (χ1v) is 4.35. The molecule has 1 amide bonds. The first-order valence-electron chi connectivity index (χ1n) is 4.35. The minimum atomic E-state index is 0.228. The highest BCUT2D eigenvalue weighted by Crippen LogP contribution is 2.12. The Morgan fingerprint density at radius 1 is 1.42 bits per heavy atom. The highest BCUT2D eigenvalue weighted by Gasteiger charge is 2.28. The molecule has 1 fully saturated rings. The minimum Gasteiger partial charge on any atom is -0.345 e. The molecular formula is C8H13N3O. The Hall–Kier alpha value is -1.06. The van der Waals surface area contributed by atoms with E-state index in [0.29, 0.717) is 13.0 Å². The van der Waals surface area contributed by atoms with Crippen LogP contribution in [-0.4, -0.2) is 48.3 Å². The van der Waals surface area contributed by atoms with E-state index in [1.165, 1.54) is 0 Å². The molecular weight excluding hydrogens is 154 g/mol. The largest absolute Gasteiger partial charge is 0.345 e. The van der Waals surface area contributed by atoms with Crippen LogP contribution < -0.4 is 0 Å². The third-order valence-electron chi connectivity index (χ3n) is 2.34. The molecule has 0 unspecified atom stereocenters. The van der Waals surface area contributed by atoms with Crippen LogP contribution in [0, 0.1) is 0 Å². The van der Waals surface area contributed by atoms with Crippen LogP contribution in [0.4, 0.5) is 0 Å². The summed E-state index contributed by atoms with van der Waals surface area (Å²) >= 11 is 0. The van der Waals surface area contributed by atoms with E-state index in [4.69, 9.17) is 0 Å². The Kier molecular flexibility index (Phi) is 1.75. The Balaban J connectivity index is 2.24. The van der Waals surface area contributed by atoms with Crippen LogP contribution in [0.3, 0.4) is 0 Å². The third kappa shape index (κ3) is 1.07. The molecule has 12 heavy (non-hydrogen) atoms. The molecule has 2 heterocycles. The highest BCUT2D eigenvalue weighted by atomic mass is 16.2. The van der Waals surface area contributed by atoms with Crippen molar-refractivity contribution >= 4 is 11.9 Å². The molecule has 4 heteroatoms. The number of rotatable bonds is 0. The number of carbonyl (C=O) groups excluding carboxylic acids is 1. The lowest BCUT2D eigenvalue weighted by Gasteiger charge is -2.37. The molecule has 4 nitrogen and oxygen atoms in total. The molecule has 0 spiro atoms. The molecule has 0 saturated carbocycles. The van der Waals surface area contributed by atoms with Gasteiger partial charge >= 0.3 is 0 Å². The maximum atomic E-state index is 11.4. The van der Waals surface area contributed by atoms with E-state index in [1.807, 2.05) is 7.05 Å². The number of aliphatic imine (C=N–C) groups is 1. The second kappa shape index (κ2) is 2.77. The smallest absolute Gasteiger partial charge is 0.231 e. The van der Waals surface area contributed by atoms with Gasteiger partial charge in [-0.15, -0.1) is 0 Å². The van der Waals surface area contributed by atoms with Gasteiger partial charge in [-0.3, -0.25) is 14.7 Å². The molecule has 0 aromatic carbocycles. The molecule has 0 aromatic heterocycles. The molecule has 2 aliphatic heterocycles. The van der Waals surface area contributed by atoms with Gasteiger partial charge in [0, 0.05) is 26.6 Å². The van der Waals surface area contributed by atoms with Crippen molar-refractivity contribution in [3.8, 4) is 0 Å². The maximum Gasteiger partial charge on any atom is 0.231 e. The van der Waals surface area contributed by atoms with Crippen LogP contribution in [0.15, 0.2) is 4.99 Å². The monoisotopic (exact) mass is 167 g/mol. The van der Waals surface area contributed by atoms with Crippen molar-refractivity contribution in [1.29, 1.82) is 0 Å². The highest BCUT2D eigenvalue weighted by molar-refractivity contribution is 5.99. The van der Waals surface area contributed by atoms with E-state index < -0.39 is 0 Å². The van der Waals surface area contributed by atoms with Crippen molar-refractivity contribution in [3.63, 3.8) is 0 Å². The van der Waals surface area contributed by atoms with Crippen LogP contribution in [0.1, 0.15) is 12.8 Å². The van der Waals surface area contributed by atoms with Gasteiger partial charge < -0.3 is 4.90 Å². The average Bonchev–Trinajstić information content (AvgIpc) is 2.07. The summed E-state index contributed by atoms with van der Waals surface area (Å²) in [5.74, 6) is 1.10. The number of amides is 1.